The molecule has 0 amide bonds. The average molecular weight is 392 g/mol. The van der Waals surface area contributed by atoms with Crippen LogP contribution in [0.5, 0.6) is 0 Å². The molecule has 0 radical (unpaired) electrons. The van der Waals surface area contributed by atoms with Crippen molar-refractivity contribution in [3.05, 3.63) is 72.8 Å². The molecule has 0 saturated carbocycles. The van der Waals surface area contributed by atoms with Crippen LogP contribution in [0.4, 0.5) is 0 Å². The van der Waals surface area contributed by atoms with Gasteiger partial charge in [-0.05, 0) is 0 Å². The van der Waals surface area contributed by atoms with Gasteiger partial charge < -0.3 is 24.8 Å². The van der Waals surface area contributed by atoms with E-state index in [4.69, 9.17) is 11.1 Å². The van der Waals surface area contributed by atoms with Crippen LogP contribution in [0.1, 0.15) is 6.92 Å². The molecule has 3 aromatic rings. The maximum absolute atomic E-state index is 5.56. The molecule has 0 unspecified atom stereocenters. The molecule has 0 N–H and O–H groups in total. The minimum atomic E-state index is -0.402. The van der Waals surface area contributed by atoms with Gasteiger partial charge in [0.05, 0.1) is 0 Å². The van der Waals surface area contributed by atoms with Gasteiger partial charge in [-0.3, -0.25) is 0 Å². The van der Waals surface area contributed by atoms with Gasteiger partial charge in [0.2, 0.25) is 0 Å². The third-order valence-electron chi connectivity index (χ3n) is 2.41. The summed E-state index contributed by atoms with van der Waals surface area (Å²) in [7, 11) is 0. The van der Waals surface area contributed by atoms with Crippen molar-refractivity contribution in [3.63, 3.8) is 0 Å². The second-order valence-electron chi connectivity index (χ2n) is 3.88. The van der Waals surface area contributed by atoms with E-state index in [-0.39, 0.29) is 24.8 Å². The fourth-order valence-corrected chi connectivity index (χ4v) is 1.39. The van der Waals surface area contributed by atoms with Crippen molar-refractivity contribution >= 4 is 27.3 Å². The second-order valence-corrected chi connectivity index (χ2v) is 11.1. The molecule has 21 heavy (non-hydrogen) atoms. The van der Waals surface area contributed by atoms with E-state index in [0.29, 0.717) is 0 Å². The van der Waals surface area contributed by atoms with Crippen molar-refractivity contribution in [2.24, 2.45) is 0 Å². The predicted octanol–water partition coefficient (Wildman–Crippen LogP) is -0.748. The van der Waals surface area contributed by atoms with Gasteiger partial charge in [0.25, 0.3) is 0 Å². The Hall–Kier alpha value is -0.0188. The summed E-state index contributed by atoms with van der Waals surface area (Å²) in [5.74, 6) is 0. The Bertz CT molecular complexity index is 529. The Morgan fingerprint density at radius 2 is 1.57 bits per heavy atom. The quantitative estimate of drug-likeness (QED) is 0.291. The van der Waals surface area contributed by atoms with Crippen molar-refractivity contribution in [1.29, 1.82) is 0 Å². The molecule has 3 aromatic carbocycles. The molecule has 0 atom stereocenters. The number of fused-ring (bicyclic) bond motifs is 1. The van der Waals surface area contributed by atoms with Crippen LogP contribution in [-0.4, -0.2) is 5.50 Å². The maximum Gasteiger partial charge on any atom is -0.0809 e. The molecular weight excluding hydrogens is 374 g/mol. The summed E-state index contributed by atoms with van der Waals surface area (Å²) in [6.07, 6.45) is 0. The summed E-state index contributed by atoms with van der Waals surface area (Å²) in [6.45, 7) is 2.11. The molecular formula is C16H17Cl3SiTi-2. The van der Waals surface area contributed by atoms with E-state index in [9.17, 15) is 0 Å². The summed E-state index contributed by atoms with van der Waals surface area (Å²) >= 11 is 7.65. The molecule has 0 aromatic heterocycles. The molecule has 5 heteroatoms. The Balaban J connectivity index is 0. The van der Waals surface area contributed by atoms with Crippen LogP contribution < -0.4 is 24.8 Å². The summed E-state index contributed by atoms with van der Waals surface area (Å²) in [5.41, 5.74) is -0.402. The monoisotopic (exact) mass is 390 g/mol. The van der Waals surface area contributed by atoms with Crippen molar-refractivity contribution < 1.29 is 44.0 Å². The molecule has 112 valence electrons. The summed E-state index contributed by atoms with van der Waals surface area (Å²) in [5, 5.41) is 2.66. The van der Waals surface area contributed by atoms with Gasteiger partial charge in [0, 0.05) is 0 Å². The fourth-order valence-electron chi connectivity index (χ4n) is 1.39. The largest absolute Gasteiger partial charge is 1.00 e. The third kappa shape index (κ3) is 11.2. The summed E-state index contributed by atoms with van der Waals surface area (Å²) < 4.78 is 0. The zero-order valence-corrected chi connectivity index (χ0v) is 16.6. The predicted molar refractivity (Wildman–Crippen MR) is 83.7 cm³/mol. The molecule has 0 aliphatic heterocycles. The van der Waals surface area contributed by atoms with Gasteiger partial charge in [-0.25, -0.2) is 12.1 Å². The van der Waals surface area contributed by atoms with Crippen LogP contribution >= 0.6 is 11.1 Å². The van der Waals surface area contributed by atoms with Crippen LogP contribution in [0, 0.1) is 0 Å². The minimum absolute atomic E-state index is 0. The molecule has 0 spiro atoms. The van der Waals surface area contributed by atoms with Crippen molar-refractivity contribution in [2.45, 2.75) is 13.0 Å². The third-order valence-corrected chi connectivity index (χ3v) is 5.49. The topological polar surface area (TPSA) is 0 Å². The number of halogens is 3. The van der Waals surface area contributed by atoms with Crippen molar-refractivity contribution in [1.82, 2.24) is 0 Å². The maximum atomic E-state index is 5.56. The molecule has 0 saturated heterocycles. The standard InChI is InChI=1S/C9H7.C5H5.C2H5ClSi.2ClH.Ti/c1-2-5-9-7-3-6-8(9)4-1;1-2-4-5-3-1;1-2-4-3;;;/h1-7H;1-5H;2H2,1H3;2*1H;/q2*-1;;;;+2/p-2. The van der Waals surface area contributed by atoms with E-state index in [0.717, 1.165) is 0 Å². The fraction of sp³-hybridized carbons (Fsp3) is 0.125. The van der Waals surface area contributed by atoms with Gasteiger partial charge in [-0.2, -0.15) is 35.7 Å². The number of benzene rings is 1. The SMILES string of the molecule is CC[Si](Cl)=[Ti+2].[Cl-].[Cl-].c1cc[cH-]c1.c1ccc2[cH-]ccc2c1. The zero-order valence-electron chi connectivity index (χ0n) is 11.8. The Labute approximate surface area is 156 Å². The number of hydrogen-bond donors (Lipinski definition) is 0. The first-order valence-electron chi connectivity index (χ1n) is 6.24. The first kappa shape index (κ1) is 23.3. The van der Waals surface area contributed by atoms with E-state index in [1.165, 1.54) is 16.8 Å². The second kappa shape index (κ2) is 14.9. The molecule has 0 aliphatic rings. The Kier molecular flexibility index (Phi) is 16.5. The zero-order chi connectivity index (χ0) is 13.9. The van der Waals surface area contributed by atoms with Crippen molar-refractivity contribution in [2.75, 3.05) is 0 Å². The van der Waals surface area contributed by atoms with Gasteiger partial charge >= 0.3 is 48.7 Å². The van der Waals surface area contributed by atoms with E-state index in [1.54, 1.807) is 0 Å². The van der Waals surface area contributed by atoms with Gasteiger partial charge in [-0.1, -0.05) is 6.07 Å². The van der Waals surface area contributed by atoms with E-state index in [2.05, 4.69) is 68.6 Å². The van der Waals surface area contributed by atoms with Crippen LogP contribution in [0.3, 0.4) is 0 Å². The van der Waals surface area contributed by atoms with E-state index < -0.39 is 5.50 Å². The Morgan fingerprint density at radius 3 is 2.00 bits per heavy atom. The van der Waals surface area contributed by atoms with Gasteiger partial charge in [-0.15, -0.1) is 29.7 Å². The number of rotatable bonds is 1. The molecule has 0 nitrogen and oxygen atoms in total. The Morgan fingerprint density at radius 1 is 1.00 bits per heavy atom. The molecule has 3 rings (SSSR count). The minimum Gasteiger partial charge on any atom is -1.00 e. The molecule has 0 bridgehead atoms. The smallest absolute Gasteiger partial charge is 0.0809 e. The molecule has 0 fully saturated rings. The summed E-state index contributed by atoms with van der Waals surface area (Å²) in [4.78, 5) is 0. The van der Waals surface area contributed by atoms with Crippen LogP contribution in [0.15, 0.2) is 72.8 Å². The van der Waals surface area contributed by atoms with Crippen LogP contribution in [0.25, 0.3) is 10.8 Å². The first-order chi connectivity index (χ1) is 9.24. The molecule has 0 heterocycles. The van der Waals surface area contributed by atoms with Crippen LogP contribution in [0.2, 0.25) is 6.04 Å². The van der Waals surface area contributed by atoms with Gasteiger partial charge in [0.1, 0.15) is 0 Å². The van der Waals surface area contributed by atoms with E-state index >= 15 is 0 Å². The average Bonchev–Trinajstić information content (AvgIpc) is 3.13. The normalized spacial score (nSPS) is 8.19. The van der Waals surface area contributed by atoms with E-state index in [1.807, 2.05) is 30.3 Å². The van der Waals surface area contributed by atoms with Gasteiger partial charge in [0.15, 0.2) is 0 Å². The van der Waals surface area contributed by atoms with Crippen LogP contribution in [-0.2, 0) is 19.2 Å². The summed E-state index contributed by atoms with van der Waals surface area (Å²) in [6, 6.07) is 25.8. The number of hydrogen-bond acceptors (Lipinski definition) is 0. The van der Waals surface area contributed by atoms with Crippen molar-refractivity contribution in [3.8, 4) is 0 Å². The molecule has 0 aliphatic carbocycles. The first-order valence-corrected chi connectivity index (χ1v) is 11.3.